The van der Waals surface area contributed by atoms with Gasteiger partial charge >= 0.3 is 0 Å². The van der Waals surface area contributed by atoms with Gasteiger partial charge in [-0.2, -0.15) is 5.10 Å². The summed E-state index contributed by atoms with van der Waals surface area (Å²) in [4.78, 5) is 4.06. The summed E-state index contributed by atoms with van der Waals surface area (Å²) in [7, 11) is 0. The molecule has 0 spiro atoms. The number of hydrogen-bond donors (Lipinski definition) is 1. The molecule has 2 unspecified atom stereocenters. The van der Waals surface area contributed by atoms with E-state index in [1.54, 1.807) is 11.0 Å². The minimum absolute atomic E-state index is 0.190. The number of rotatable bonds is 6. The molecule has 1 N–H and O–H groups in total. The van der Waals surface area contributed by atoms with Crippen LogP contribution in [0.1, 0.15) is 31.0 Å². The summed E-state index contributed by atoms with van der Waals surface area (Å²) >= 11 is 0. The minimum atomic E-state index is -0.609. The predicted octanol–water partition coefficient (Wildman–Crippen LogP) is 3.40. The molecule has 1 aromatic heterocycles. The van der Waals surface area contributed by atoms with Crippen molar-refractivity contribution < 1.29 is 5.11 Å². The Hall–Kier alpha value is -2.46. The van der Waals surface area contributed by atoms with Crippen LogP contribution in [0.3, 0.4) is 0 Å². The van der Waals surface area contributed by atoms with E-state index in [1.807, 2.05) is 36.4 Å². The molecule has 0 aliphatic rings. The van der Waals surface area contributed by atoms with Crippen LogP contribution in [0.4, 0.5) is 0 Å². The zero-order valence-electron chi connectivity index (χ0n) is 14.1. The molecule has 0 fully saturated rings. The van der Waals surface area contributed by atoms with Gasteiger partial charge in [-0.05, 0) is 17.5 Å². The average molecular weight is 321 g/mol. The molecule has 24 heavy (non-hydrogen) atoms. The third kappa shape index (κ3) is 3.39. The Kier molecular flexibility index (Phi) is 4.76. The maximum atomic E-state index is 11.2. The molecule has 0 saturated heterocycles. The van der Waals surface area contributed by atoms with Crippen molar-refractivity contribution in [1.82, 2.24) is 14.8 Å². The van der Waals surface area contributed by atoms with E-state index in [4.69, 9.17) is 0 Å². The van der Waals surface area contributed by atoms with Crippen LogP contribution in [0.5, 0.6) is 0 Å². The lowest BCUT2D eigenvalue weighted by atomic mass is 9.75. The van der Waals surface area contributed by atoms with Crippen LogP contribution in [0.15, 0.2) is 73.3 Å². The zero-order chi connectivity index (χ0) is 17.0. The van der Waals surface area contributed by atoms with E-state index in [-0.39, 0.29) is 6.04 Å². The molecule has 4 nitrogen and oxygen atoms in total. The van der Waals surface area contributed by atoms with E-state index in [2.05, 4.69) is 48.2 Å². The summed E-state index contributed by atoms with van der Waals surface area (Å²) in [6.07, 6.45) is 3.28. The maximum Gasteiger partial charge on any atom is 0.137 e. The molecule has 3 rings (SSSR count). The predicted molar refractivity (Wildman–Crippen MR) is 94.7 cm³/mol. The normalized spacial score (nSPS) is 14.3. The SMILES string of the molecule is CC(C)(c1ccccc1)C(O)C(Cc1ccccc1)n1cncn1. The fourth-order valence-corrected chi connectivity index (χ4v) is 3.11. The second-order valence-corrected chi connectivity index (χ2v) is 6.67. The van der Waals surface area contributed by atoms with Gasteiger partial charge in [-0.15, -0.1) is 0 Å². The Bertz CT molecular complexity index is 739. The van der Waals surface area contributed by atoms with Crippen LogP contribution >= 0.6 is 0 Å². The second kappa shape index (κ2) is 6.97. The highest BCUT2D eigenvalue weighted by atomic mass is 16.3. The molecule has 3 aromatic rings. The molecule has 0 aliphatic heterocycles. The van der Waals surface area contributed by atoms with Crippen molar-refractivity contribution in [2.45, 2.75) is 37.8 Å². The summed E-state index contributed by atoms with van der Waals surface area (Å²) in [6, 6.07) is 20.1. The molecular formula is C20H23N3O. The summed E-state index contributed by atoms with van der Waals surface area (Å²) in [5.41, 5.74) is 1.86. The van der Waals surface area contributed by atoms with Crippen LogP contribution < -0.4 is 0 Å². The van der Waals surface area contributed by atoms with Gasteiger partial charge in [-0.1, -0.05) is 74.5 Å². The average Bonchev–Trinajstić information content (AvgIpc) is 3.15. The Balaban J connectivity index is 1.93. The van der Waals surface area contributed by atoms with Crippen molar-refractivity contribution in [3.05, 3.63) is 84.4 Å². The van der Waals surface area contributed by atoms with Gasteiger partial charge in [0.2, 0.25) is 0 Å². The fraction of sp³-hybridized carbons (Fsp3) is 0.300. The maximum absolute atomic E-state index is 11.2. The highest BCUT2D eigenvalue weighted by Gasteiger charge is 2.37. The molecule has 0 saturated carbocycles. The fourth-order valence-electron chi connectivity index (χ4n) is 3.11. The van der Waals surface area contributed by atoms with Gasteiger partial charge in [-0.25, -0.2) is 9.67 Å². The van der Waals surface area contributed by atoms with E-state index in [1.165, 1.54) is 11.9 Å². The Morgan fingerprint density at radius 3 is 2.21 bits per heavy atom. The quantitative estimate of drug-likeness (QED) is 0.757. The Morgan fingerprint density at radius 2 is 1.62 bits per heavy atom. The first-order valence-electron chi connectivity index (χ1n) is 8.20. The van der Waals surface area contributed by atoms with Gasteiger partial charge in [0.1, 0.15) is 12.7 Å². The lowest BCUT2D eigenvalue weighted by Crippen LogP contribution is -2.41. The van der Waals surface area contributed by atoms with Crippen LogP contribution in [0.2, 0.25) is 0 Å². The third-order valence-electron chi connectivity index (χ3n) is 4.69. The lowest BCUT2D eigenvalue weighted by molar-refractivity contribution is 0.0430. The van der Waals surface area contributed by atoms with E-state index in [0.29, 0.717) is 6.42 Å². The van der Waals surface area contributed by atoms with Gasteiger partial charge in [0.15, 0.2) is 0 Å². The van der Waals surface area contributed by atoms with Gasteiger partial charge in [0, 0.05) is 5.41 Å². The topological polar surface area (TPSA) is 50.9 Å². The number of aliphatic hydroxyl groups is 1. The van der Waals surface area contributed by atoms with E-state index in [9.17, 15) is 5.11 Å². The molecular weight excluding hydrogens is 298 g/mol. The van der Waals surface area contributed by atoms with Crippen molar-refractivity contribution in [3.63, 3.8) is 0 Å². The van der Waals surface area contributed by atoms with Crippen LogP contribution in [-0.2, 0) is 11.8 Å². The molecule has 2 aromatic carbocycles. The molecule has 0 amide bonds. The standard InChI is InChI=1S/C20H23N3O/c1-20(2,17-11-7-4-8-12-17)19(24)18(23-15-21-14-22-23)13-16-9-5-3-6-10-16/h3-12,14-15,18-19,24H,13H2,1-2H3. The molecule has 1 heterocycles. The largest absolute Gasteiger partial charge is 0.390 e. The third-order valence-corrected chi connectivity index (χ3v) is 4.69. The summed E-state index contributed by atoms with van der Waals surface area (Å²) in [6.45, 7) is 4.14. The van der Waals surface area contributed by atoms with Crippen molar-refractivity contribution in [3.8, 4) is 0 Å². The number of aromatic nitrogens is 3. The number of nitrogens with zero attached hydrogens (tertiary/aromatic N) is 3. The highest BCUT2D eigenvalue weighted by Crippen LogP contribution is 2.34. The van der Waals surface area contributed by atoms with E-state index < -0.39 is 11.5 Å². The molecule has 0 aliphatic carbocycles. The molecule has 4 heteroatoms. The smallest absolute Gasteiger partial charge is 0.137 e. The van der Waals surface area contributed by atoms with Crippen molar-refractivity contribution in [2.24, 2.45) is 0 Å². The first kappa shape index (κ1) is 16.4. The number of benzene rings is 2. The van der Waals surface area contributed by atoms with Gasteiger partial charge in [-0.3, -0.25) is 0 Å². The van der Waals surface area contributed by atoms with E-state index in [0.717, 1.165) is 5.56 Å². The van der Waals surface area contributed by atoms with Crippen molar-refractivity contribution in [2.75, 3.05) is 0 Å². The Labute approximate surface area is 142 Å². The van der Waals surface area contributed by atoms with E-state index >= 15 is 0 Å². The first-order chi connectivity index (χ1) is 11.6. The molecule has 124 valence electrons. The lowest BCUT2D eigenvalue weighted by Gasteiger charge is -2.36. The van der Waals surface area contributed by atoms with Crippen LogP contribution in [0.25, 0.3) is 0 Å². The van der Waals surface area contributed by atoms with Crippen LogP contribution in [-0.4, -0.2) is 26.0 Å². The van der Waals surface area contributed by atoms with Gasteiger partial charge in [0.05, 0.1) is 12.1 Å². The van der Waals surface area contributed by atoms with Gasteiger partial charge in [0.25, 0.3) is 0 Å². The van der Waals surface area contributed by atoms with Crippen LogP contribution in [0, 0.1) is 0 Å². The van der Waals surface area contributed by atoms with Gasteiger partial charge < -0.3 is 5.11 Å². The summed E-state index contributed by atoms with van der Waals surface area (Å²) < 4.78 is 1.77. The summed E-state index contributed by atoms with van der Waals surface area (Å²) in [5, 5.41) is 15.5. The highest BCUT2D eigenvalue weighted by molar-refractivity contribution is 5.26. The minimum Gasteiger partial charge on any atom is -0.390 e. The monoisotopic (exact) mass is 321 g/mol. The Morgan fingerprint density at radius 1 is 1.00 bits per heavy atom. The molecule has 0 radical (unpaired) electrons. The van der Waals surface area contributed by atoms with Crippen molar-refractivity contribution >= 4 is 0 Å². The first-order valence-corrected chi connectivity index (χ1v) is 8.20. The van der Waals surface area contributed by atoms with Crippen molar-refractivity contribution in [1.29, 1.82) is 0 Å². The summed E-state index contributed by atoms with van der Waals surface area (Å²) in [5.74, 6) is 0. The second-order valence-electron chi connectivity index (χ2n) is 6.67. The zero-order valence-corrected chi connectivity index (χ0v) is 14.1. The number of aliphatic hydroxyl groups excluding tert-OH is 1. The number of hydrogen-bond acceptors (Lipinski definition) is 3. The molecule has 0 bridgehead atoms. The molecule has 2 atom stereocenters.